The highest BCUT2D eigenvalue weighted by atomic mass is 16.3. The third kappa shape index (κ3) is 4.45. The topological polar surface area (TPSA) is 69.6 Å². The third-order valence-electron chi connectivity index (χ3n) is 4.90. The molecule has 6 nitrogen and oxygen atoms in total. The summed E-state index contributed by atoms with van der Waals surface area (Å²) in [7, 11) is 0. The molecule has 0 saturated carbocycles. The van der Waals surface area contributed by atoms with Crippen molar-refractivity contribution in [2.75, 3.05) is 26.2 Å². The number of carbonyl (C=O) groups is 1. The fourth-order valence-electron chi connectivity index (χ4n) is 3.38. The lowest BCUT2D eigenvalue weighted by atomic mass is 10.0. The van der Waals surface area contributed by atoms with Gasteiger partial charge < -0.3 is 10.0 Å². The molecule has 1 atom stereocenters. The number of likely N-dealkylation sites (tertiary alicyclic amines) is 1. The van der Waals surface area contributed by atoms with E-state index in [9.17, 15) is 9.90 Å². The van der Waals surface area contributed by atoms with Gasteiger partial charge in [-0.3, -0.25) is 19.7 Å². The van der Waals surface area contributed by atoms with Crippen LogP contribution in [0.5, 0.6) is 0 Å². The van der Waals surface area contributed by atoms with Crippen LogP contribution >= 0.6 is 0 Å². The second kappa shape index (κ2) is 7.93. The summed E-state index contributed by atoms with van der Waals surface area (Å²) in [5.41, 5.74) is 1.75. The van der Waals surface area contributed by atoms with Crippen molar-refractivity contribution in [2.45, 2.75) is 32.4 Å². The largest absolute Gasteiger partial charge is 0.387 e. The molecule has 6 heteroatoms. The first-order valence-electron chi connectivity index (χ1n) is 9.05. The summed E-state index contributed by atoms with van der Waals surface area (Å²) in [6.45, 7) is 7.04. The molecule has 0 spiro atoms. The van der Waals surface area contributed by atoms with E-state index in [2.05, 4.69) is 21.8 Å². The van der Waals surface area contributed by atoms with Crippen LogP contribution in [0.4, 0.5) is 0 Å². The minimum absolute atomic E-state index is 0.0643. The Hall–Kier alpha value is -2.31. The highest BCUT2D eigenvalue weighted by molar-refractivity contribution is 5.94. The molecule has 0 radical (unpaired) electrons. The summed E-state index contributed by atoms with van der Waals surface area (Å²) in [5.74, 6) is -0.0643. The lowest BCUT2D eigenvalue weighted by Gasteiger charge is -2.30. The molecule has 0 aliphatic carbocycles. The molecule has 0 bridgehead atoms. The van der Waals surface area contributed by atoms with Crippen LogP contribution in [0.25, 0.3) is 0 Å². The van der Waals surface area contributed by atoms with E-state index in [1.54, 1.807) is 29.6 Å². The van der Waals surface area contributed by atoms with Gasteiger partial charge in [0.15, 0.2) is 0 Å². The molecule has 1 saturated heterocycles. The van der Waals surface area contributed by atoms with Gasteiger partial charge in [-0.2, -0.15) is 0 Å². The van der Waals surface area contributed by atoms with Crippen LogP contribution in [0.15, 0.2) is 42.9 Å². The Balaban J connectivity index is 1.62. The maximum Gasteiger partial charge on any atom is 0.255 e. The standard InChI is InChI=1S/C20H26N4O2/c1-3-23(13-17-6-9-21-10-7-17)14-20(26)8-11-24(15-20)19(25)18-5-4-16(2)22-12-18/h4-7,9-10,12,26H,3,8,11,13-15H2,1-2H3. The normalized spacial score (nSPS) is 19.9. The zero-order valence-electron chi connectivity index (χ0n) is 15.4. The zero-order chi connectivity index (χ0) is 18.6. The molecule has 1 amide bonds. The monoisotopic (exact) mass is 354 g/mol. The Morgan fingerprint density at radius 2 is 2.08 bits per heavy atom. The van der Waals surface area contributed by atoms with Gasteiger partial charge >= 0.3 is 0 Å². The second-order valence-corrected chi connectivity index (χ2v) is 7.05. The van der Waals surface area contributed by atoms with E-state index in [1.807, 2.05) is 25.1 Å². The van der Waals surface area contributed by atoms with Crippen LogP contribution in [-0.2, 0) is 6.54 Å². The first-order valence-corrected chi connectivity index (χ1v) is 9.05. The Kier molecular flexibility index (Phi) is 5.64. The number of hydrogen-bond donors (Lipinski definition) is 1. The van der Waals surface area contributed by atoms with Crippen LogP contribution in [0.1, 0.15) is 35.0 Å². The van der Waals surface area contributed by atoms with E-state index >= 15 is 0 Å². The Labute approximate surface area is 154 Å². The molecule has 1 aliphatic rings. The molecule has 0 aromatic carbocycles. The van der Waals surface area contributed by atoms with Crippen molar-refractivity contribution >= 4 is 5.91 Å². The predicted molar refractivity (Wildman–Crippen MR) is 99.6 cm³/mol. The van der Waals surface area contributed by atoms with Crippen molar-refractivity contribution in [1.29, 1.82) is 0 Å². The number of β-amino-alcohol motifs (C(OH)–C–C–N with tert-alkyl or cyclic N) is 1. The maximum atomic E-state index is 12.6. The number of nitrogens with zero attached hydrogens (tertiary/aromatic N) is 4. The van der Waals surface area contributed by atoms with Gasteiger partial charge in [0.1, 0.15) is 0 Å². The van der Waals surface area contributed by atoms with Crippen LogP contribution < -0.4 is 0 Å². The number of hydrogen-bond acceptors (Lipinski definition) is 5. The molecular formula is C20H26N4O2. The van der Waals surface area contributed by atoms with Gasteiger partial charge in [-0.15, -0.1) is 0 Å². The SMILES string of the molecule is CCN(Cc1ccncc1)CC1(O)CCN(C(=O)c2ccc(C)nc2)C1. The molecular weight excluding hydrogens is 328 g/mol. The number of likely N-dealkylation sites (N-methyl/N-ethyl adjacent to an activating group) is 1. The van der Waals surface area contributed by atoms with E-state index in [-0.39, 0.29) is 5.91 Å². The van der Waals surface area contributed by atoms with E-state index in [1.165, 1.54) is 5.56 Å². The number of aryl methyl sites for hydroxylation is 1. The molecule has 1 fully saturated rings. The smallest absolute Gasteiger partial charge is 0.255 e. The average Bonchev–Trinajstić information content (AvgIpc) is 3.04. The summed E-state index contributed by atoms with van der Waals surface area (Å²) in [5, 5.41) is 11.0. The van der Waals surface area contributed by atoms with Crippen molar-refractivity contribution in [3.05, 3.63) is 59.7 Å². The predicted octanol–water partition coefficient (Wildman–Crippen LogP) is 1.88. The van der Waals surface area contributed by atoms with E-state index in [0.29, 0.717) is 31.6 Å². The van der Waals surface area contributed by atoms with E-state index < -0.39 is 5.60 Å². The minimum Gasteiger partial charge on any atom is -0.387 e. The van der Waals surface area contributed by atoms with Gasteiger partial charge in [0.2, 0.25) is 0 Å². The molecule has 138 valence electrons. The van der Waals surface area contributed by atoms with Gasteiger partial charge in [0.05, 0.1) is 17.7 Å². The fourth-order valence-corrected chi connectivity index (χ4v) is 3.38. The van der Waals surface area contributed by atoms with E-state index in [0.717, 1.165) is 18.8 Å². The summed E-state index contributed by atoms with van der Waals surface area (Å²) >= 11 is 0. The highest BCUT2D eigenvalue weighted by Crippen LogP contribution is 2.24. The van der Waals surface area contributed by atoms with Crippen LogP contribution in [-0.4, -0.2) is 62.6 Å². The van der Waals surface area contributed by atoms with Crippen molar-refractivity contribution in [3.8, 4) is 0 Å². The van der Waals surface area contributed by atoms with Gasteiger partial charge in [0.25, 0.3) is 5.91 Å². The number of aliphatic hydroxyl groups is 1. The number of carbonyl (C=O) groups excluding carboxylic acids is 1. The van der Waals surface area contributed by atoms with Crippen LogP contribution in [0.3, 0.4) is 0 Å². The molecule has 3 rings (SSSR count). The summed E-state index contributed by atoms with van der Waals surface area (Å²) < 4.78 is 0. The molecule has 1 unspecified atom stereocenters. The average molecular weight is 354 g/mol. The first kappa shape index (κ1) is 18.5. The van der Waals surface area contributed by atoms with Gasteiger partial charge in [0, 0.05) is 43.9 Å². The second-order valence-electron chi connectivity index (χ2n) is 7.05. The van der Waals surface area contributed by atoms with Gasteiger partial charge in [-0.1, -0.05) is 6.92 Å². The molecule has 2 aromatic heterocycles. The summed E-state index contributed by atoms with van der Waals surface area (Å²) in [4.78, 5) is 24.8. The van der Waals surface area contributed by atoms with E-state index in [4.69, 9.17) is 0 Å². The molecule has 26 heavy (non-hydrogen) atoms. The van der Waals surface area contributed by atoms with Crippen molar-refractivity contribution in [2.24, 2.45) is 0 Å². The van der Waals surface area contributed by atoms with Crippen molar-refractivity contribution in [1.82, 2.24) is 19.8 Å². The number of amides is 1. The molecule has 2 aromatic rings. The number of aromatic nitrogens is 2. The van der Waals surface area contributed by atoms with Crippen LogP contribution in [0, 0.1) is 6.92 Å². The quantitative estimate of drug-likeness (QED) is 0.858. The van der Waals surface area contributed by atoms with Crippen molar-refractivity contribution < 1.29 is 9.90 Å². The first-order chi connectivity index (χ1) is 12.5. The Morgan fingerprint density at radius 1 is 1.31 bits per heavy atom. The van der Waals surface area contributed by atoms with Gasteiger partial charge in [-0.05, 0) is 49.7 Å². The summed E-state index contributed by atoms with van der Waals surface area (Å²) in [6, 6.07) is 7.61. The molecule has 1 N–H and O–H groups in total. The van der Waals surface area contributed by atoms with Crippen LogP contribution in [0.2, 0.25) is 0 Å². The lowest BCUT2D eigenvalue weighted by molar-refractivity contribution is 0.0108. The molecule has 1 aliphatic heterocycles. The summed E-state index contributed by atoms with van der Waals surface area (Å²) in [6.07, 6.45) is 5.76. The maximum absolute atomic E-state index is 12.6. The lowest BCUT2D eigenvalue weighted by Crippen LogP contribution is -2.45. The number of pyridine rings is 2. The number of rotatable bonds is 6. The van der Waals surface area contributed by atoms with Crippen molar-refractivity contribution in [3.63, 3.8) is 0 Å². The Morgan fingerprint density at radius 3 is 2.73 bits per heavy atom. The Bertz CT molecular complexity index is 735. The highest BCUT2D eigenvalue weighted by Gasteiger charge is 2.39. The van der Waals surface area contributed by atoms with Gasteiger partial charge in [-0.25, -0.2) is 0 Å². The minimum atomic E-state index is -0.878. The molecule has 3 heterocycles. The third-order valence-corrected chi connectivity index (χ3v) is 4.90. The zero-order valence-corrected chi connectivity index (χ0v) is 15.4. The fraction of sp³-hybridized carbons (Fsp3) is 0.450.